The molecule has 0 unspecified atom stereocenters. The summed E-state index contributed by atoms with van der Waals surface area (Å²) in [6.45, 7) is 6.96. The third kappa shape index (κ3) is 6.35. The van der Waals surface area contributed by atoms with Gasteiger partial charge in [-0.05, 0) is 55.2 Å². The van der Waals surface area contributed by atoms with Crippen LogP contribution < -0.4 is 20.3 Å². The molecule has 29 heavy (non-hydrogen) atoms. The lowest BCUT2D eigenvalue weighted by Gasteiger charge is -2.17. The molecule has 0 radical (unpaired) electrons. The summed E-state index contributed by atoms with van der Waals surface area (Å²) >= 11 is 6.16. The number of carbonyl (C=O) groups excluding carboxylic acids is 2. The molecule has 0 spiro atoms. The van der Waals surface area contributed by atoms with Gasteiger partial charge < -0.3 is 9.47 Å². The van der Waals surface area contributed by atoms with E-state index in [0.29, 0.717) is 10.8 Å². The predicted molar refractivity (Wildman–Crippen MR) is 109 cm³/mol. The molecule has 2 N–H and O–H groups in total. The first-order chi connectivity index (χ1) is 13.7. The summed E-state index contributed by atoms with van der Waals surface area (Å²) in [5.41, 5.74) is 6.19. The Morgan fingerprint density at radius 3 is 2.45 bits per heavy atom. The first-order valence-electron chi connectivity index (χ1n) is 9.11. The molecule has 2 aromatic rings. The van der Waals surface area contributed by atoms with Gasteiger partial charge >= 0.3 is 0 Å². The van der Waals surface area contributed by atoms with Crippen LogP contribution in [0.4, 0.5) is 4.39 Å². The predicted octanol–water partition coefficient (Wildman–Crippen LogP) is 3.90. The van der Waals surface area contributed by atoms with Crippen molar-refractivity contribution in [2.75, 3.05) is 6.61 Å². The fraction of sp³-hybridized carbons (Fsp3) is 0.333. The van der Waals surface area contributed by atoms with E-state index in [1.807, 2.05) is 26.8 Å². The molecular weight excluding hydrogens is 399 g/mol. The molecule has 0 saturated heterocycles. The Kier molecular flexibility index (Phi) is 7.84. The number of aryl methyl sites for hydroxylation is 1. The second-order valence-corrected chi connectivity index (χ2v) is 7.22. The topological polar surface area (TPSA) is 76.7 Å². The Bertz CT molecular complexity index is 889. The summed E-state index contributed by atoms with van der Waals surface area (Å²) in [7, 11) is 0. The maximum absolute atomic E-state index is 13.6. The zero-order chi connectivity index (χ0) is 21.6. The number of hydrogen-bond acceptors (Lipinski definition) is 4. The van der Waals surface area contributed by atoms with E-state index in [9.17, 15) is 14.0 Å². The zero-order valence-electron chi connectivity index (χ0n) is 16.7. The molecule has 1 atom stereocenters. The molecule has 0 aromatic heterocycles. The van der Waals surface area contributed by atoms with Gasteiger partial charge in [-0.3, -0.25) is 20.4 Å². The number of amides is 2. The van der Waals surface area contributed by atoms with Crippen molar-refractivity contribution in [1.82, 2.24) is 10.9 Å². The molecule has 0 heterocycles. The molecule has 2 amide bonds. The number of carbonyl (C=O) groups is 2. The molecular formula is C21H24ClFN2O4. The Morgan fingerprint density at radius 1 is 1.10 bits per heavy atom. The molecule has 0 aliphatic carbocycles. The summed E-state index contributed by atoms with van der Waals surface area (Å²) < 4.78 is 24.4. The molecule has 156 valence electrons. The van der Waals surface area contributed by atoms with Gasteiger partial charge in [-0.15, -0.1) is 0 Å². The number of hydrazine groups is 1. The van der Waals surface area contributed by atoms with Crippen LogP contribution >= 0.6 is 11.6 Å². The third-order valence-corrected chi connectivity index (χ3v) is 4.51. The van der Waals surface area contributed by atoms with Crippen molar-refractivity contribution in [3.05, 3.63) is 58.4 Å². The van der Waals surface area contributed by atoms with Crippen molar-refractivity contribution in [2.45, 2.75) is 39.7 Å². The van der Waals surface area contributed by atoms with Crippen molar-refractivity contribution in [3.8, 4) is 11.5 Å². The van der Waals surface area contributed by atoms with E-state index in [2.05, 4.69) is 10.9 Å². The normalized spacial score (nSPS) is 11.7. The van der Waals surface area contributed by atoms with Crippen LogP contribution in [0.3, 0.4) is 0 Å². The molecule has 2 aromatic carbocycles. The molecule has 6 nitrogen and oxygen atoms in total. The van der Waals surface area contributed by atoms with E-state index >= 15 is 0 Å². The number of para-hydroxylation sites is 1. The van der Waals surface area contributed by atoms with Gasteiger partial charge in [0.1, 0.15) is 5.75 Å². The summed E-state index contributed by atoms with van der Waals surface area (Å²) in [6.07, 6.45) is -1.01. The summed E-state index contributed by atoms with van der Waals surface area (Å²) in [5.74, 6) is -1.11. The fourth-order valence-corrected chi connectivity index (χ4v) is 2.62. The Balaban J connectivity index is 1.86. The van der Waals surface area contributed by atoms with Gasteiger partial charge in [0.2, 0.25) is 0 Å². The highest BCUT2D eigenvalue weighted by molar-refractivity contribution is 6.31. The van der Waals surface area contributed by atoms with Crippen molar-refractivity contribution >= 4 is 23.4 Å². The van der Waals surface area contributed by atoms with E-state index in [-0.39, 0.29) is 18.3 Å². The highest BCUT2D eigenvalue weighted by Gasteiger charge is 2.18. The van der Waals surface area contributed by atoms with Crippen molar-refractivity contribution in [2.24, 2.45) is 0 Å². The number of nitrogens with one attached hydrogen (secondary N) is 2. The highest BCUT2D eigenvalue weighted by atomic mass is 35.5. The van der Waals surface area contributed by atoms with Gasteiger partial charge in [0.05, 0.1) is 0 Å². The van der Waals surface area contributed by atoms with E-state index in [4.69, 9.17) is 21.1 Å². The smallest absolute Gasteiger partial charge is 0.279 e. The van der Waals surface area contributed by atoms with Crippen LogP contribution in [0.25, 0.3) is 0 Å². The quantitative estimate of drug-likeness (QED) is 0.663. The van der Waals surface area contributed by atoms with Crippen molar-refractivity contribution in [1.29, 1.82) is 0 Å². The zero-order valence-corrected chi connectivity index (χ0v) is 17.5. The van der Waals surface area contributed by atoms with Crippen molar-refractivity contribution in [3.63, 3.8) is 0 Å². The van der Waals surface area contributed by atoms with Gasteiger partial charge in [-0.25, -0.2) is 4.39 Å². The van der Waals surface area contributed by atoms with Crippen LogP contribution in [0.15, 0.2) is 36.4 Å². The van der Waals surface area contributed by atoms with E-state index < -0.39 is 23.7 Å². The van der Waals surface area contributed by atoms with Gasteiger partial charge in [-0.1, -0.05) is 37.6 Å². The number of hydrogen-bond donors (Lipinski definition) is 2. The van der Waals surface area contributed by atoms with Crippen LogP contribution in [0.5, 0.6) is 11.5 Å². The van der Waals surface area contributed by atoms with Gasteiger partial charge in [0, 0.05) is 5.02 Å². The van der Waals surface area contributed by atoms with E-state index in [0.717, 1.165) is 11.1 Å². The summed E-state index contributed by atoms with van der Waals surface area (Å²) in [6, 6.07) is 9.33. The molecule has 0 fully saturated rings. The SMILES string of the molecule is Cc1cc(OCC(=O)NNC(=O)[C@H](C)Oc2ccccc2F)c(C(C)C)cc1Cl. The lowest BCUT2D eigenvalue weighted by atomic mass is 10.0. The van der Waals surface area contributed by atoms with Crippen molar-refractivity contribution < 1.29 is 23.5 Å². The average molecular weight is 423 g/mol. The number of benzene rings is 2. The average Bonchev–Trinajstić information content (AvgIpc) is 2.68. The molecule has 0 aliphatic heterocycles. The van der Waals surface area contributed by atoms with Gasteiger partial charge in [0.15, 0.2) is 24.3 Å². The first kappa shape index (κ1) is 22.5. The van der Waals surface area contributed by atoms with E-state index in [1.54, 1.807) is 12.1 Å². The Hall–Kier alpha value is -2.80. The Labute approximate surface area is 174 Å². The van der Waals surface area contributed by atoms with Crippen LogP contribution in [-0.4, -0.2) is 24.5 Å². The molecule has 0 bridgehead atoms. The third-order valence-electron chi connectivity index (χ3n) is 4.11. The highest BCUT2D eigenvalue weighted by Crippen LogP contribution is 2.31. The number of ether oxygens (including phenoxy) is 2. The summed E-state index contributed by atoms with van der Waals surface area (Å²) in [4.78, 5) is 24.0. The minimum absolute atomic E-state index is 0.0517. The maximum atomic E-state index is 13.6. The molecule has 0 saturated carbocycles. The van der Waals surface area contributed by atoms with Crippen LogP contribution in [0, 0.1) is 12.7 Å². The largest absolute Gasteiger partial charge is 0.483 e. The number of rotatable bonds is 7. The fourth-order valence-electron chi connectivity index (χ4n) is 2.44. The monoisotopic (exact) mass is 422 g/mol. The maximum Gasteiger partial charge on any atom is 0.279 e. The Morgan fingerprint density at radius 2 is 1.79 bits per heavy atom. The standard InChI is InChI=1S/C21H24ClFN2O4/c1-12(2)15-10-16(22)13(3)9-19(15)28-11-20(26)24-25-21(27)14(4)29-18-8-6-5-7-17(18)23/h5-10,12,14H,11H2,1-4H3,(H,24,26)(H,25,27)/t14-/m0/s1. The van der Waals surface area contributed by atoms with Crippen LogP contribution in [0.1, 0.15) is 37.8 Å². The lowest BCUT2D eigenvalue weighted by molar-refractivity contribution is -0.133. The first-order valence-corrected chi connectivity index (χ1v) is 9.49. The second-order valence-electron chi connectivity index (χ2n) is 6.81. The minimum Gasteiger partial charge on any atom is -0.483 e. The summed E-state index contributed by atoms with van der Waals surface area (Å²) in [5, 5.41) is 0.626. The van der Waals surface area contributed by atoms with Crippen LogP contribution in [-0.2, 0) is 9.59 Å². The second kappa shape index (κ2) is 10.1. The van der Waals surface area contributed by atoms with Crippen LogP contribution in [0.2, 0.25) is 5.02 Å². The molecule has 2 rings (SSSR count). The number of halogens is 2. The van der Waals surface area contributed by atoms with E-state index in [1.165, 1.54) is 25.1 Å². The van der Waals surface area contributed by atoms with Gasteiger partial charge in [-0.2, -0.15) is 0 Å². The van der Waals surface area contributed by atoms with Gasteiger partial charge in [0.25, 0.3) is 11.8 Å². The molecule has 0 aliphatic rings. The molecule has 8 heteroatoms. The lowest BCUT2D eigenvalue weighted by Crippen LogP contribution is -2.48. The minimum atomic E-state index is -1.01.